The van der Waals surface area contributed by atoms with Crippen LogP contribution < -0.4 is 5.14 Å². The lowest BCUT2D eigenvalue weighted by Crippen LogP contribution is -2.29. The molecule has 8 heteroatoms. The number of thiophene rings is 2. The molecule has 21 heavy (non-hydrogen) atoms. The van der Waals surface area contributed by atoms with E-state index in [1.54, 1.807) is 30.2 Å². The predicted octanol–water partition coefficient (Wildman–Crippen LogP) is 2.60. The quantitative estimate of drug-likeness (QED) is 0.926. The number of nitrogens with zero attached hydrogens (tertiary/aromatic N) is 1. The Kier molecular flexibility index (Phi) is 4.52. The van der Waals surface area contributed by atoms with E-state index < -0.39 is 10.0 Å². The van der Waals surface area contributed by atoms with Crippen molar-refractivity contribution in [2.45, 2.75) is 24.1 Å². The molecule has 0 saturated heterocycles. The summed E-state index contributed by atoms with van der Waals surface area (Å²) in [4.78, 5) is 15.6. The van der Waals surface area contributed by atoms with Crippen LogP contribution in [-0.2, 0) is 10.0 Å². The fraction of sp³-hybridized carbons (Fsp3) is 0.308. The zero-order chi connectivity index (χ0) is 15.8. The molecule has 0 fully saturated rings. The summed E-state index contributed by atoms with van der Waals surface area (Å²) in [6.07, 6.45) is 0. The first kappa shape index (κ1) is 16.2. The van der Waals surface area contributed by atoms with Gasteiger partial charge in [-0.2, -0.15) is 0 Å². The van der Waals surface area contributed by atoms with E-state index in [1.807, 2.05) is 24.4 Å². The Labute approximate surface area is 132 Å². The Hall–Kier alpha value is -1.22. The molecule has 2 N–H and O–H groups in total. The highest BCUT2D eigenvalue weighted by Crippen LogP contribution is 2.30. The predicted molar refractivity (Wildman–Crippen MR) is 85.3 cm³/mol. The fourth-order valence-corrected chi connectivity index (χ4v) is 4.63. The minimum absolute atomic E-state index is 0.0144. The summed E-state index contributed by atoms with van der Waals surface area (Å²) in [5, 5.41) is 7.07. The molecule has 5 nitrogen and oxygen atoms in total. The topological polar surface area (TPSA) is 80.5 Å². The molecule has 1 atom stereocenters. The van der Waals surface area contributed by atoms with Gasteiger partial charge in [-0.3, -0.25) is 4.79 Å². The lowest BCUT2D eigenvalue weighted by molar-refractivity contribution is 0.0749. The van der Waals surface area contributed by atoms with Crippen LogP contribution in [0.4, 0.5) is 0 Å². The smallest absolute Gasteiger partial charge is 0.264 e. The van der Waals surface area contributed by atoms with Crippen molar-refractivity contribution in [3.63, 3.8) is 0 Å². The number of carbonyl (C=O) groups is 1. The normalized spacial score (nSPS) is 13.1. The fourth-order valence-electron chi connectivity index (χ4n) is 1.86. The molecule has 0 aliphatic carbocycles. The molecule has 0 unspecified atom stereocenters. The minimum Gasteiger partial charge on any atom is -0.333 e. The summed E-state index contributed by atoms with van der Waals surface area (Å²) in [5.74, 6) is -0.201. The van der Waals surface area contributed by atoms with Gasteiger partial charge in [0.2, 0.25) is 10.0 Å². The van der Waals surface area contributed by atoms with Gasteiger partial charge in [0.1, 0.15) is 4.21 Å². The van der Waals surface area contributed by atoms with E-state index in [-0.39, 0.29) is 16.2 Å². The molecule has 2 aromatic rings. The van der Waals surface area contributed by atoms with Crippen LogP contribution in [0.25, 0.3) is 0 Å². The molecule has 2 rings (SSSR count). The Bertz CT molecular complexity index is 748. The largest absolute Gasteiger partial charge is 0.333 e. The van der Waals surface area contributed by atoms with E-state index >= 15 is 0 Å². The number of hydrogen-bond donors (Lipinski definition) is 1. The second-order valence-electron chi connectivity index (χ2n) is 4.73. The molecule has 0 aliphatic rings. The monoisotopic (exact) mass is 344 g/mol. The van der Waals surface area contributed by atoms with Crippen LogP contribution in [0.5, 0.6) is 0 Å². The van der Waals surface area contributed by atoms with Crippen LogP contribution in [0, 0.1) is 6.92 Å². The molecule has 114 valence electrons. The van der Waals surface area contributed by atoms with Crippen molar-refractivity contribution in [2.75, 3.05) is 7.05 Å². The number of primary sulfonamides is 1. The highest BCUT2D eigenvalue weighted by atomic mass is 32.2. The Morgan fingerprint density at radius 3 is 2.57 bits per heavy atom. The summed E-state index contributed by atoms with van der Waals surface area (Å²) in [6.45, 7) is 3.65. The highest BCUT2D eigenvalue weighted by Gasteiger charge is 2.25. The SMILES string of the molecule is Cc1cc(S(N)(=O)=O)sc1C(=O)N(C)[C@@H](C)c1cccs1. The molecule has 0 bridgehead atoms. The standard InChI is InChI=1S/C13H16N2O3S3/c1-8-7-11(21(14,17)18)20-12(8)13(16)15(3)9(2)10-5-4-6-19-10/h4-7,9H,1-3H3,(H2,14,17,18)/t9-/m0/s1. The van der Waals surface area contributed by atoms with Crippen molar-refractivity contribution in [1.29, 1.82) is 0 Å². The van der Waals surface area contributed by atoms with Crippen LogP contribution in [0.1, 0.15) is 33.1 Å². The van der Waals surface area contributed by atoms with Crippen LogP contribution in [0.15, 0.2) is 27.8 Å². The van der Waals surface area contributed by atoms with Crippen molar-refractivity contribution in [3.05, 3.63) is 38.9 Å². The van der Waals surface area contributed by atoms with Crippen molar-refractivity contribution >= 4 is 38.6 Å². The lowest BCUT2D eigenvalue weighted by atomic mass is 10.2. The van der Waals surface area contributed by atoms with Gasteiger partial charge in [-0.05, 0) is 36.9 Å². The maximum absolute atomic E-state index is 12.5. The Balaban J connectivity index is 2.30. The van der Waals surface area contributed by atoms with Crippen molar-refractivity contribution in [2.24, 2.45) is 5.14 Å². The number of aryl methyl sites for hydroxylation is 1. The maximum atomic E-state index is 12.5. The van der Waals surface area contributed by atoms with Crippen LogP contribution in [0.3, 0.4) is 0 Å². The van der Waals surface area contributed by atoms with Crippen LogP contribution in [-0.4, -0.2) is 26.3 Å². The first-order valence-corrected chi connectivity index (χ1v) is 9.40. The second-order valence-corrected chi connectivity index (χ2v) is 8.55. The number of rotatable bonds is 4. The van der Waals surface area contributed by atoms with Gasteiger partial charge in [-0.1, -0.05) is 6.07 Å². The van der Waals surface area contributed by atoms with Crippen LogP contribution >= 0.6 is 22.7 Å². The lowest BCUT2D eigenvalue weighted by Gasteiger charge is -2.23. The molecule has 0 aliphatic heterocycles. The zero-order valence-electron chi connectivity index (χ0n) is 11.9. The third-order valence-corrected chi connectivity index (χ3v) is 6.91. The van der Waals surface area contributed by atoms with Crippen molar-refractivity contribution in [1.82, 2.24) is 4.90 Å². The van der Waals surface area contributed by atoms with Crippen molar-refractivity contribution in [3.8, 4) is 0 Å². The van der Waals surface area contributed by atoms with E-state index in [4.69, 9.17) is 5.14 Å². The molecule has 1 amide bonds. The Morgan fingerprint density at radius 2 is 2.10 bits per heavy atom. The molecular weight excluding hydrogens is 328 g/mol. The van der Waals surface area contributed by atoms with Gasteiger partial charge in [-0.15, -0.1) is 22.7 Å². The van der Waals surface area contributed by atoms with Gasteiger partial charge < -0.3 is 4.90 Å². The summed E-state index contributed by atoms with van der Waals surface area (Å²) in [6, 6.07) is 5.27. The third-order valence-electron chi connectivity index (χ3n) is 3.23. The number of carbonyl (C=O) groups excluding carboxylic acids is 1. The third kappa shape index (κ3) is 3.34. The van der Waals surface area contributed by atoms with Crippen LogP contribution in [0.2, 0.25) is 0 Å². The molecule has 0 saturated carbocycles. The molecule has 2 aromatic heterocycles. The maximum Gasteiger partial charge on any atom is 0.264 e. The van der Waals surface area contributed by atoms with Gasteiger partial charge in [0.25, 0.3) is 5.91 Å². The molecule has 0 radical (unpaired) electrons. The number of amides is 1. The van der Waals surface area contributed by atoms with E-state index in [2.05, 4.69) is 0 Å². The number of hydrogen-bond acceptors (Lipinski definition) is 5. The Morgan fingerprint density at radius 1 is 1.43 bits per heavy atom. The molecule has 0 aromatic carbocycles. The second kappa shape index (κ2) is 5.88. The summed E-state index contributed by atoms with van der Waals surface area (Å²) >= 11 is 2.50. The summed E-state index contributed by atoms with van der Waals surface area (Å²) < 4.78 is 22.8. The van der Waals surface area contributed by atoms with Gasteiger partial charge >= 0.3 is 0 Å². The zero-order valence-corrected chi connectivity index (χ0v) is 14.3. The average Bonchev–Trinajstić information content (AvgIpc) is 3.04. The molecular formula is C13H16N2O3S3. The van der Waals surface area contributed by atoms with E-state index in [0.717, 1.165) is 16.2 Å². The molecule has 2 heterocycles. The van der Waals surface area contributed by atoms with Gasteiger partial charge in [0.05, 0.1) is 10.9 Å². The van der Waals surface area contributed by atoms with Gasteiger partial charge in [-0.25, -0.2) is 13.6 Å². The van der Waals surface area contributed by atoms with E-state index in [1.165, 1.54) is 6.07 Å². The average molecular weight is 344 g/mol. The van der Waals surface area contributed by atoms with Crippen molar-refractivity contribution < 1.29 is 13.2 Å². The van der Waals surface area contributed by atoms with Gasteiger partial charge in [0.15, 0.2) is 0 Å². The highest BCUT2D eigenvalue weighted by molar-refractivity contribution is 7.91. The molecule has 0 spiro atoms. The first-order chi connectivity index (χ1) is 9.71. The van der Waals surface area contributed by atoms with Gasteiger partial charge in [0, 0.05) is 11.9 Å². The number of nitrogens with two attached hydrogens (primary N) is 1. The first-order valence-electron chi connectivity index (χ1n) is 6.15. The summed E-state index contributed by atoms with van der Waals surface area (Å²) in [5.41, 5.74) is 0.624. The minimum atomic E-state index is -3.78. The summed E-state index contributed by atoms with van der Waals surface area (Å²) in [7, 11) is -2.07. The van der Waals surface area contributed by atoms with E-state index in [9.17, 15) is 13.2 Å². The number of sulfonamides is 1. The van der Waals surface area contributed by atoms with E-state index in [0.29, 0.717) is 10.4 Å².